The molecule has 1 aromatic rings. The van der Waals surface area contributed by atoms with Gasteiger partial charge in [-0.05, 0) is 18.2 Å². The van der Waals surface area contributed by atoms with Gasteiger partial charge in [-0.1, -0.05) is 24.6 Å². The zero-order valence-electron chi connectivity index (χ0n) is 9.56. The summed E-state index contributed by atoms with van der Waals surface area (Å²) >= 11 is 5.90. The van der Waals surface area contributed by atoms with Crippen molar-refractivity contribution in [2.24, 2.45) is 0 Å². The number of anilines is 1. The van der Waals surface area contributed by atoms with Gasteiger partial charge >= 0.3 is 0 Å². The summed E-state index contributed by atoms with van der Waals surface area (Å²) in [7, 11) is -3.59. The number of halogens is 1. The van der Waals surface area contributed by atoms with Crippen LogP contribution in [0, 0.1) is 0 Å². The van der Waals surface area contributed by atoms with Crippen molar-refractivity contribution in [3.8, 4) is 0 Å². The lowest BCUT2D eigenvalue weighted by molar-refractivity contribution is 0.460. The third kappa shape index (κ3) is 3.00. The van der Waals surface area contributed by atoms with E-state index in [9.17, 15) is 8.42 Å². The van der Waals surface area contributed by atoms with Crippen molar-refractivity contribution in [3.63, 3.8) is 0 Å². The number of benzene rings is 1. The number of sulfonamides is 1. The molecule has 0 aliphatic heterocycles. The van der Waals surface area contributed by atoms with E-state index in [0.717, 1.165) is 0 Å². The molecular weight excluding hydrogens is 260 g/mol. The summed E-state index contributed by atoms with van der Waals surface area (Å²) in [5.41, 5.74) is 5.96. The molecule has 0 radical (unpaired) electrons. The standard InChI is InChI=1S/C11H15ClN2O2S/c1-3-7-14(4-2)17(15,16)11-6-5-9(13)8-10(11)12/h3,5-6,8H,1,4,7,13H2,2H3. The van der Waals surface area contributed by atoms with Gasteiger partial charge in [-0.3, -0.25) is 0 Å². The summed E-state index contributed by atoms with van der Waals surface area (Å²) < 4.78 is 25.8. The highest BCUT2D eigenvalue weighted by Gasteiger charge is 2.24. The van der Waals surface area contributed by atoms with E-state index in [1.54, 1.807) is 6.92 Å². The van der Waals surface area contributed by atoms with Crippen LogP contribution in [0.3, 0.4) is 0 Å². The SMILES string of the molecule is C=CCN(CC)S(=O)(=O)c1ccc(N)cc1Cl. The highest BCUT2D eigenvalue weighted by molar-refractivity contribution is 7.89. The molecule has 0 aliphatic carbocycles. The fourth-order valence-corrected chi connectivity index (χ4v) is 3.35. The van der Waals surface area contributed by atoms with E-state index in [1.165, 1.54) is 28.6 Å². The van der Waals surface area contributed by atoms with E-state index in [0.29, 0.717) is 12.2 Å². The number of likely N-dealkylation sites (N-methyl/N-ethyl adjacent to an activating group) is 1. The van der Waals surface area contributed by atoms with Gasteiger partial charge in [0.2, 0.25) is 10.0 Å². The van der Waals surface area contributed by atoms with Crippen molar-refractivity contribution in [2.45, 2.75) is 11.8 Å². The van der Waals surface area contributed by atoms with E-state index >= 15 is 0 Å². The van der Waals surface area contributed by atoms with E-state index in [-0.39, 0.29) is 16.5 Å². The molecule has 94 valence electrons. The Labute approximate surface area is 107 Å². The van der Waals surface area contributed by atoms with E-state index < -0.39 is 10.0 Å². The maximum absolute atomic E-state index is 12.2. The third-order valence-corrected chi connectivity index (χ3v) is 4.68. The fourth-order valence-electron chi connectivity index (χ4n) is 1.41. The molecule has 0 bridgehead atoms. The number of nitrogens with two attached hydrogens (primary N) is 1. The van der Waals surface area contributed by atoms with Gasteiger partial charge in [-0.2, -0.15) is 4.31 Å². The Morgan fingerprint density at radius 1 is 1.53 bits per heavy atom. The molecule has 0 saturated heterocycles. The molecule has 0 unspecified atom stereocenters. The van der Waals surface area contributed by atoms with Gasteiger partial charge in [0.25, 0.3) is 0 Å². The molecule has 1 rings (SSSR count). The monoisotopic (exact) mass is 274 g/mol. The number of nitrogens with zero attached hydrogens (tertiary/aromatic N) is 1. The van der Waals surface area contributed by atoms with Crippen LogP contribution in [0.1, 0.15) is 6.92 Å². The van der Waals surface area contributed by atoms with Crippen molar-refractivity contribution < 1.29 is 8.42 Å². The second kappa shape index (κ2) is 5.53. The lowest BCUT2D eigenvalue weighted by atomic mass is 10.3. The quantitative estimate of drug-likeness (QED) is 0.661. The Morgan fingerprint density at radius 2 is 2.18 bits per heavy atom. The van der Waals surface area contributed by atoms with Crippen molar-refractivity contribution in [2.75, 3.05) is 18.8 Å². The molecule has 2 N–H and O–H groups in total. The molecule has 4 nitrogen and oxygen atoms in total. The van der Waals surface area contributed by atoms with Crippen molar-refractivity contribution in [3.05, 3.63) is 35.9 Å². The van der Waals surface area contributed by atoms with Crippen LogP contribution in [0.25, 0.3) is 0 Å². The predicted octanol–water partition coefficient (Wildman–Crippen LogP) is 2.12. The topological polar surface area (TPSA) is 63.4 Å². The largest absolute Gasteiger partial charge is 0.399 e. The van der Waals surface area contributed by atoms with Crippen LogP contribution in [0.4, 0.5) is 5.69 Å². The molecule has 6 heteroatoms. The summed E-state index contributed by atoms with van der Waals surface area (Å²) in [5, 5.41) is 0.132. The van der Waals surface area contributed by atoms with Crippen molar-refractivity contribution in [1.82, 2.24) is 4.31 Å². The first-order valence-corrected chi connectivity index (χ1v) is 6.91. The maximum atomic E-state index is 12.2. The van der Waals surface area contributed by atoms with E-state index in [4.69, 9.17) is 17.3 Å². The summed E-state index contributed by atoms with van der Waals surface area (Å²) in [5.74, 6) is 0. The molecule has 0 aliphatic rings. The van der Waals surface area contributed by atoms with Crippen LogP contribution in [-0.4, -0.2) is 25.8 Å². The number of hydrogen-bond donors (Lipinski definition) is 1. The molecule has 0 aromatic heterocycles. The highest BCUT2D eigenvalue weighted by atomic mass is 35.5. The summed E-state index contributed by atoms with van der Waals surface area (Å²) in [6.07, 6.45) is 1.53. The molecule has 0 amide bonds. The lowest BCUT2D eigenvalue weighted by Gasteiger charge is -2.19. The molecule has 0 saturated carbocycles. The Kier molecular flexibility index (Phi) is 4.56. The van der Waals surface area contributed by atoms with Gasteiger partial charge in [-0.15, -0.1) is 6.58 Å². The first kappa shape index (κ1) is 14.0. The lowest BCUT2D eigenvalue weighted by Crippen LogP contribution is -2.31. The van der Waals surface area contributed by atoms with Gasteiger partial charge in [0.1, 0.15) is 4.90 Å². The minimum absolute atomic E-state index is 0.0667. The zero-order valence-corrected chi connectivity index (χ0v) is 11.1. The first-order valence-electron chi connectivity index (χ1n) is 5.09. The summed E-state index contributed by atoms with van der Waals surface area (Å²) in [6, 6.07) is 4.36. The van der Waals surface area contributed by atoms with Gasteiger partial charge in [0.05, 0.1) is 5.02 Å². The number of hydrogen-bond acceptors (Lipinski definition) is 3. The highest BCUT2D eigenvalue weighted by Crippen LogP contribution is 2.26. The van der Waals surface area contributed by atoms with E-state index in [2.05, 4.69) is 6.58 Å². The molecule has 0 heterocycles. The molecule has 0 atom stereocenters. The van der Waals surface area contributed by atoms with Gasteiger partial charge in [0, 0.05) is 18.8 Å². The van der Waals surface area contributed by atoms with Crippen LogP contribution in [0.5, 0.6) is 0 Å². The van der Waals surface area contributed by atoms with Crippen LogP contribution in [0.2, 0.25) is 5.02 Å². The van der Waals surface area contributed by atoms with Crippen LogP contribution in [-0.2, 0) is 10.0 Å². The predicted molar refractivity (Wildman–Crippen MR) is 70.5 cm³/mol. The molecule has 17 heavy (non-hydrogen) atoms. The zero-order chi connectivity index (χ0) is 13.1. The number of rotatable bonds is 5. The van der Waals surface area contributed by atoms with E-state index in [1.807, 2.05) is 0 Å². The Hall–Kier alpha value is -1.04. The molecular formula is C11H15ClN2O2S. The van der Waals surface area contributed by atoms with Gasteiger partial charge in [-0.25, -0.2) is 8.42 Å². The summed E-state index contributed by atoms with van der Waals surface area (Å²) in [4.78, 5) is 0.0667. The minimum atomic E-state index is -3.59. The minimum Gasteiger partial charge on any atom is -0.399 e. The molecule has 0 fully saturated rings. The molecule has 0 spiro atoms. The van der Waals surface area contributed by atoms with Crippen molar-refractivity contribution in [1.29, 1.82) is 0 Å². The second-order valence-corrected chi connectivity index (χ2v) is 5.75. The third-order valence-electron chi connectivity index (χ3n) is 2.26. The summed E-state index contributed by atoms with van der Waals surface area (Å²) in [6.45, 7) is 5.90. The van der Waals surface area contributed by atoms with Crippen LogP contribution >= 0.6 is 11.6 Å². The Bertz CT molecular complexity index is 514. The van der Waals surface area contributed by atoms with Gasteiger partial charge < -0.3 is 5.73 Å². The smallest absolute Gasteiger partial charge is 0.244 e. The average Bonchev–Trinajstić information content (AvgIpc) is 2.24. The Balaban J connectivity index is 3.24. The van der Waals surface area contributed by atoms with Crippen LogP contribution in [0.15, 0.2) is 35.7 Å². The maximum Gasteiger partial charge on any atom is 0.244 e. The first-order chi connectivity index (χ1) is 7.93. The Morgan fingerprint density at radius 3 is 2.65 bits per heavy atom. The fraction of sp³-hybridized carbons (Fsp3) is 0.273. The van der Waals surface area contributed by atoms with Gasteiger partial charge in [0.15, 0.2) is 0 Å². The van der Waals surface area contributed by atoms with Crippen molar-refractivity contribution >= 4 is 27.3 Å². The van der Waals surface area contributed by atoms with Crippen LogP contribution < -0.4 is 5.73 Å². The normalized spacial score (nSPS) is 11.7. The number of nitrogen functional groups attached to an aromatic ring is 1. The molecule has 1 aromatic carbocycles. The second-order valence-electron chi connectivity index (χ2n) is 3.43. The average molecular weight is 275 g/mol.